The number of aryl methyl sites for hydroxylation is 1. The summed E-state index contributed by atoms with van der Waals surface area (Å²) in [6.07, 6.45) is 6.02. The summed E-state index contributed by atoms with van der Waals surface area (Å²) >= 11 is 1.91. The zero-order chi connectivity index (χ0) is 37.7. The van der Waals surface area contributed by atoms with Crippen LogP contribution in [0.1, 0.15) is 104 Å². The first-order valence-electron chi connectivity index (χ1n) is 19.1. The summed E-state index contributed by atoms with van der Waals surface area (Å²) in [4.78, 5) is 18.1. The number of thiophene rings is 1. The average molecular weight is 907 g/mol. The van der Waals surface area contributed by atoms with Crippen LogP contribution in [0, 0.1) is 30.7 Å². The van der Waals surface area contributed by atoms with Crippen LogP contribution in [-0.4, -0.2) is 15.9 Å². The van der Waals surface area contributed by atoms with Crippen molar-refractivity contribution in [1.29, 1.82) is 0 Å². The molecule has 0 spiro atoms. The number of benzene rings is 3. The molecule has 6 rings (SSSR count). The monoisotopic (exact) mass is 907 g/mol. The molecule has 0 aliphatic rings. The molecule has 1 N–H and O–H groups in total. The Balaban J connectivity index is 0.000000335. The minimum Gasteiger partial charge on any atom is -0.512 e. The van der Waals surface area contributed by atoms with Gasteiger partial charge in [-0.1, -0.05) is 110 Å². The maximum atomic E-state index is 11.7. The molecule has 0 saturated heterocycles. The molecule has 3 aromatic carbocycles. The Labute approximate surface area is 334 Å². The third-order valence-electron chi connectivity index (χ3n) is 10.1. The van der Waals surface area contributed by atoms with Crippen molar-refractivity contribution in [3.8, 4) is 22.4 Å². The van der Waals surface area contributed by atoms with E-state index in [1.807, 2.05) is 46.0 Å². The predicted octanol–water partition coefficient (Wildman–Crippen LogP) is 14.0. The zero-order valence-electron chi connectivity index (χ0n) is 33.1. The number of nitrogens with zero attached hydrogens (tertiary/aromatic N) is 1. The minimum absolute atomic E-state index is 0. The smallest absolute Gasteiger partial charge is 0.219 e. The molecule has 6 heteroatoms. The first kappa shape index (κ1) is 42.2. The Morgan fingerprint density at radius 3 is 2.23 bits per heavy atom. The molecule has 0 fully saturated rings. The summed E-state index contributed by atoms with van der Waals surface area (Å²) in [5.74, 6) is 2.07. The molecule has 1 radical (unpaired) electrons. The number of ketones is 1. The standard InChI is InChI=1S/C34H32NOS.C13H24O2.Ir/c1-20(2)13-26-16-24-12-11-23(18-32(24)37-26)28-19-31(35-33-29(28)14-21(3)36-33)25-15-22-9-7-8-10-27(22)30(17-25)34(4,5)6;1-5-10(6-2)12(14)9-13(15)11(7-3)8-4;/h7-12,14,16-20H,13H2,1-6H3;9-11,14H,5-8H2,1-4H3;/q-1;;/b;12-9-;. The maximum Gasteiger partial charge on any atom is 0.219 e. The number of allylic oxidation sites excluding steroid dienone is 2. The second-order valence-corrected chi connectivity index (χ2v) is 16.8. The van der Waals surface area contributed by atoms with Gasteiger partial charge in [-0.05, 0) is 85.1 Å². The largest absolute Gasteiger partial charge is 0.512 e. The van der Waals surface area contributed by atoms with Gasteiger partial charge in [-0.3, -0.25) is 9.78 Å². The molecule has 4 nitrogen and oxygen atoms in total. The van der Waals surface area contributed by atoms with Gasteiger partial charge in [-0.15, -0.1) is 40.5 Å². The van der Waals surface area contributed by atoms with Crippen molar-refractivity contribution in [2.24, 2.45) is 17.8 Å². The van der Waals surface area contributed by atoms with Crippen LogP contribution in [0.25, 0.3) is 54.3 Å². The van der Waals surface area contributed by atoms with Gasteiger partial charge in [0, 0.05) is 58.7 Å². The van der Waals surface area contributed by atoms with Crippen molar-refractivity contribution in [2.75, 3.05) is 0 Å². The molecule has 3 heterocycles. The molecular weight excluding hydrogens is 851 g/mol. The fraction of sp³-hybridized carbons (Fsp3) is 0.404. The van der Waals surface area contributed by atoms with E-state index in [1.165, 1.54) is 37.6 Å². The Morgan fingerprint density at radius 1 is 0.906 bits per heavy atom. The first-order chi connectivity index (χ1) is 24.8. The van der Waals surface area contributed by atoms with Gasteiger partial charge in [0.05, 0.1) is 5.76 Å². The molecule has 0 aliphatic heterocycles. The fourth-order valence-corrected chi connectivity index (χ4v) is 8.35. The van der Waals surface area contributed by atoms with Crippen LogP contribution in [0.4, 0.5) is 0 Å². The maximum absolute atomic E-state index is 11.7. The molecule has 0 saturated carbocycles. The summed E-state index contributed by atoms with van der Waals surface area (Å²) in [6, 6.07) is 27.9. The minimum atomic E-state index is -0.00441. The predicted molar refractivity (Wildman–Crippen MR) is 222 cm³/mol. The summed E-state index contributed by atoms with van der Waals surface area (Å²) in [5, 5.41) is 14.5. The Morgan fingerprint density at radius 2 is 1.58 bits per heavy atom. The van der Waals surface area contributed by atoms with E-state index in [0.29, 0.717) is 11.6 Å². The van der Waals surface area contributed by atoms with Crippen LogP contribution in [0.15, 0.2) is 83.0 Å². The van der Waals surface area contributed by atoms with E-state index in [1.54, 1.807) is 0 Å². The summed E-state index contributed by atoms with van der Waals surface area (Å²) in [7, 11) is 0. The van der Waals surface area contributed by atoms with E-state index < -0.39 is 0 Å². The molecule has 0 unspecified atom stereocenters. The second kappa shape index (κ2) is 18.2. The van der Waals surface area contributed by atoms with Gasteiger partial charge < -0.3 is 9.52 Å². The quantitative estimate of drug-likeness (QED) is 0.0799. The van der Waals surface area contributed by atoms with E-state index in [4.69, 9.17) is 9.40 Å². The number of aliphatic hydroxyl groups is 1. The molecule has 0 atom stereocenters. The van der Waals surface area contributed by atoms with Gasteiger partial charge >= 0.3 is 0 Å². The Bertz CT molecular complexity index is 2190. The van der Waals surface area contributed by atoms with Crippen molar-refractivity contribution < 1.29 is 34.4 Å². The number of fused-ring (bicyclic) bond motifs is 3. The fourth-order valence-electron chi connectivity index (χ4n) is 7.04. The molecule has 6 aromatic rings. The Kier molecular flexibility index (Phi) is 14.5. The number of furan rings is 1. The summed E-state index contributed by atoms with van der Waals surface area (Å²) in [5.41, 5.74) is 6.20. The number of rotatable bonds is 11. The SMILES string of the molecule is CCC(CC)C(=O)/C=C(\O)C(CC)CC.Cc1cc2c(-c3ccc4cc(CC(C)C)sc4c3)cc(-c3[c-]c4ccccc4c(C(C)(C)C)c3)nc2o1.[Ir]. The number of carbonyl (C=O) groups excluding carboxylic acids is 1. The third kappa shape index (κ3) is 9.95. The third-order valence-corrected chi connectivity index (χ3v) is 11.2. The van der Waals surface area contributed by atoms with Crippen LogP contribution >= 0.6 is 11.3 Å². The number of pyridine rings is 1. The van der Waals surface area contributed by atoms with Crippen molar-refractivity contribution in [3.05, 3.63) is 101 Å². The first-order valence-corrected chi connectivity index (χ1v) is 19.9. The molecule has 3 aromatic heterocycles. The van der Waals surface area contributed by atoms with Gasteiger partial charge in [-0.25, -0.2) is 0 Å². The zero-order valence-corrected chi connectivity index (χ0v) is 36.4. The topological polar surface area (TPSA) is 63.3 Å². The van der Waals surface area contributed by atoms with E-state index in [2.05, 4.69) is 107 Å². The van der Waals surface area contributed by atoms with E-state index >= 15 is 0 Å². The van der Waals surface area contributed by atoms with E-state index in [-0.39, 0.29) is 48.9 Å². The van der Waals surface area contributed by atoms with Crippen molar-refractivity contribution >= 4 is 49.1 Å². The second-order valence-electron chi connectivity index (χ2n) is 15.6. The van der Waals surface area contributed by atoms with E-state index in [9.17, 15) is 9.90 Å². The van der Waals surface area contributed by atoms with Crippen LogP contribution in [0.3, 0.4) is 0 Å². The molecular formula is C47H56IrNO3S-. The number of hydrogen-bond donors (Lipinski definition) is 1. The summed E-state index contributed by atoms with van der Waals surface area (Å²) < 4.78 is 7.42. The molecule has 0 aliphatic carbocycles. The molecule has 53 heavy (non-hydrogen) atoms. The van der Waals surface area contributed by atoms with Gasteiger partial charge in [0.1, 0.15) is 5.76 Å². The van der Waals surface area contributed by atoms with Gasteiger partial charge in [0.2, 0.25) is 5.71 Å². The molecule has 0 bridgehead atoms. The van der Waals surface area contributed by atoms with Gasteiger partial charge in [-0.2, -0.15) is 0 Å². The Hall–Kier alpha value is -3.57. The number of aliphatic hydroxyl groups excluding tert-OH is 1. The van der Waals surface area contributed by atoms with Crippen LogP contribution in [0.2, 0.25) is 0 Å². The van der Waals surface area contributed by atoms with E-state index in [0.717, 1.165) is 65.5 Å². The number of hydrogen-bond acceptors (Lipinski definition) is 5. The van der Waals surface area contributed by atoms with Crippen LogP contribution in [-0.2, 0) is 36.7 Å². The molecule has 283 valence electrons. The van der Waals surface area contributed by atoms with Crippen molar-refractivity contribution in [1.82, 2.24) is 4.98 Å². The average Bonchev–Trinajstić information content (AvgIpc) is 3.69. The molecule has 0 amide bonds. The summed E-state index contributed by atoms with van der Waals surface area (Å²) in [6.45, 7) is 21.4. The normalized spacial score (nSPS) is 12.2. The van der Waals surface area contributed by atoms with Gasteiger partial charge in [0.25, 0.3) is 0 Å². The number of carbonyl (C=O) groups is 1. The van der Waals surface area contributed by atoms with Crippen molar-refractivity contribution in [2.45, 2.75) is 107 Å². The van der Waals surface area contributed by atoms with Gasteiger partial charge in [0.15, 0.2) is 5.78 Å². The van der Waals surface area contributed by atoms with Crippen LogP contribution < -0.4 is 0 Å². The van der Waals surface area contributed by atoms with Crippen molar-refractivity contribution in [3.63, 3.8) is 0 Å². The van der Waals surface area contributed by atoms with Crippen LogP contribution in [0.5, 0.6) is 0 Å². The number of aromatic nitrogens is 1.